The van der Waals surface area contributed by atoms with Crippen molar-refractivity contribution in [3.8, 4) is 0 Å². The van der Waals surface area contributed by atoms with E-state index in [1.54, 1.807) is 0 Å². The number of fused-ring (bicyclic) bond motifs is 7. The van der Waals surface area contributed by atoms with Crippen LogP contribution in [0.25, 0.3) is 11.0 Å². The second-order valence-electron chi connectivity index (χ2n) is 12.6. The Morgan fingerprint density at radius 2 is 1.93 bits per heavy atom. The zero-order chi connectivity index (χ0) is 28.8. The molecular weight excluding hydrogens is 528 g/mol. The number of rotatable bonds is 5. The summed E-state index contributed by atoms with van der Waals surface area (Å²) in [5, 5.41) is 13.3. The Kier molecular flexibility index (Phi) is 7.35. The second kappa shape index (κ2) is 11.3. The molecule has 1 saturated heterocycles. The van der Waals surface area contributed by atoms with Crippen molar-refractivity contribution in [1.82, 2.24) is 24.4 Å². The van der Waals surface area contributed by atoms with E-state index >= 15 is 0 Å². The van der Waals surface area contributed by atoms with Gasteiger partial charge in [-0.15, -0.1) is 0 Å². The number of piperidine rings is 1. The molecule has 2 aromatic heterocycles. The number of benzene rings is 1. The zero-order valence-corrected chi connectivity index (χ0v) is 24.9. The van der Waals surface area contributed by atoms with Crippen molar-refractivity contribution in [3.05, 3.63) is 47.3 Å². The Balaban J connectivity index is 1.22. The van der Waals surface area contributed by atoms with E-state index in [1.165, 1.54) is 45.2 Å². The largest absolute Gasteiger partial charge is 0.381 e. The quantitative estimate of drug-likeness (QED) is 0.446. The van der Waals surface area contributed by atoms with E-state index in [-0.39, 0.29) is 24.1 Å². The highest BCUT2D eigenvalue weighted by molar-refractivity contribution is 6.04. The third kappa shape index (κ3) is 5.49. The monoisotopic (exact) mass is 570 g/mol. The Hall–Kier alpha value is -3.50. The van der Waals surface area contributed by atoms with Crippen LogP contribution in [0.3, 0.4) is 0 Å². The maximum atomic E-state index is 13.7. The first-order valence-electron chi connectivity index (χ1n) is 15.6. The number of imidazole rings is 1. The number of likely N-dealkylation sites (tertiary alicyclic amines) is 1. The molecule has 2 N–H and O–H groups in total. The maximum Gasteiger partial charge on any atom is 0.258 e. The topological polar surface area (TPSA) is 99.9 Å². The predicted molar refractivity (Wildman–Crippen MR) is 165 cm³/mol. The molecule has 1 saturated carbocycles. The van der Waals surface area contributed by atoms with E-state index in [1.807, 2.05) is 37.3 Å². The van der Waals surface area contributed by atoms with Gasteiger partial charge in [0.15, 0.2) is 6.23 Å². The van der Waals surface area contributed by atoms with Gasteiger partial charge in [-0.3, -0.25) is 20.1 Å². The smallest absolute Gasteiger partial charge is 0.258 e. The highest BCUT2D eigenvalue weighted by Gasteiger charge is 2.37. The molecule has 1 aliphatic carbocycles. The molecule has 0 spiro atoms. The van der Waals surface area contributed by atoms with Gasteiger partial charge in [-0.2, -0.15) is 5.10 Å². The lowest BCUT2D eigenvalue weighted by atomic mass is 10.0. The van der Waals surface area contributed by atoms with Crippen molar-refractivity contribution < 1.29 is 9.53 Å². The fourth-order valence-electron chi connectivity index (χ4n) is 6.99. The standard InChI is InChI=1S/C32H42N8O2/c1-20-15-23-16-26(35-20)25-18-33-38(3)31(25)42-14-11-28(22-7-8-22)40-29-10-9-24(17-27(29)36-32(40)37-30(23)41)34-21(2)19-39-12-5-4-6-13-39/h9-10,15-18,21-22,25,28,31,34H,4-8,11-14,19H2,1-3H3,(H,36,37,41). The molecule has 1 amide bonds. The Labute approximate surface area is 247 Å². The minimum atomic E-state index is -0.254. The number of carbonyl (C=O) groups excluding carboxylic acids is 1. The lowest BCUT2D eigenvalue weighted by Crippen LogP contribution is -2.38. The first-order valence-corrected chi connectivity index (χ1v) is 15.6. The van der Waals surface area contributed by atoms with E-state index in [0.29, 0.717) is 30.1 Å². The summed E-state index contributed by atoms with van der Waals surface area (Å²) in [5.41, 5.74) is 5.12. The summed E-state index contributed by atoms with van der Waals surface area (Å²) in [6.45, 7) is 8.16. The summed E-state index contributed by atoms with van der Waals surface area (Å²) in [6, 6.07) is 10.6. The number of hydrazone groups is 1. The van der Waals surface area contributed by atoms with Crippen LogP contribution in [0, 0.1) is 12.8 Å². The average molecular weight is 571 g/mol. The van der Waals surface area contributed by atoms with Crippen molar-refractivity contribution >= 4 is 34.8 Å². The lowest BCUT2D eigenvalue weighted by Gasteiger charge is -2.29. The maximum absolute atomic E-state index is 13.7. The van der Waals surface area contributed by atoms with Gasteiger partial charge in [-0.05, 0) is 95.3 Å². The van der Waals surface area contributed by atoms with Crippen LogP contribution in [-0.2, 0) is 4.74 Å². The number of amides is 1. The molecule has 2 bridgehead atoms. The zero-order valence-electron chi connectivity index (χ0n) is 24.9. The number of carbonyl (C=O) groups is 1. The van der Waals surface area contributed by atoms with Crippen LogP contribution >= 0.6 is 0 Å². The highest BCUT2D eigenvalue weighted by atomic mass is 16.5. The molecule has 4 aliphatic rings. The lowest BCUT2D eigenvalue weighted by molar-refractivity contribution is -0.0453. The highest BCUT2D eigenvalue weighted by Crippen LogP contribution is 2.45. The second-order valence-corrected chi connectivity index (χ2v) is 12.6. The molecule has 1 aromatic carbocycles. The van der Waals surface area contributed by atoms with E-state index in [2.05, 4.69) is 50.3 Å². The molecule has 3 aromatic rings. The fourth-order valence-corrected chi connectivity index (χ4v) is 6.99. The van der Waals surface area contributed by atoms with Gasteiger partial charge in [0.2, 0.25) is 5.95 Å². The van der Waals surface area contributed by atoms with Crippen molar-refractivity contribution in [2.45, 2.75) is 76.6 Å². The summed E-state index contributed by atoms with van der Waals surface area (Å²) in [6.07, 6.45) is 8.73. The summed E-state index contributed by atoms with van der Waals surface area (Å²) < 4.78 is 8.76. The van der Waals surface area contributed by atoms with Crippen LogP contribution in [0.2, 0.25) is 0 Å². The van der Waals surface area contributed by atoms with Crippen LogP contribution < -0.4 is 10.6 Å². The number of likely N-dealkylation sites (N-methyl/N-ethyl adjacent to an activating group) is 1. The van der Waals surface area contributed by atoms with Gasteiger partial charge in [-0.1, -0.05) is 6.42 Å². The number of aromatic nitrogens is 3. The number of nitrogens with zero attached hydrogens (tertiary/aromatic N) is 6. The molecule has 2 fully saturated rings. The first kappa shape index (κ1) is 27.3. The summed E-state index contributed by atoms with van der Waals surface area (Å²) in [5.74, 6) is 0.816. The van der Waals surface area contributed by atoms with Crippen molar-refractivity contribution in [1.29, 1.82) is 0 Å². The molecule has 10 heteroatoms. The van der Waals surface area contributed by atoms with Crippen LogP contribution in [0.15, 0.2) is 35.4 Å². The van der Waals surface area contributed by atoms with Gasteiger partial charge in [0.05, 0.1) is 29.3 Å². The van der Waals surface area contributed by atoms with Crippen LogP contribution in [0.5, 0.6) is 0 Å². The van der Waals surface area contributed by atoms with Gasteiger partial charge < -0.3 is 19.5 Å². The number of ether oxygens (including phenoxy) is 1. The van der Waals surface area contributed by atoms with E-state index in [0.717, 1.165) is 41.1 Å². The SMILES string of the molecule is Cc1cc2cc(n1)C1C=NN(C)C1OCCC(C1CC1)n1c(nc3cc(NC(C)CN4CCCCC4)ccc31)NC2=O. The molecular formula is C32H42N8O2. The molecule has 5 heterocycles. The minimum Gasteiger partial charge on any atom is -0.381 e. The van der Waals surface area contributed by atoms with Crippen LogP contribution in [0.1, 0.15) is 79.2 Å². The molecule has 4 atom stereocenters. The third-order valence-electron chi connectivity index (χ3n) is 9.17. The predicted octanol–water partition coefficient (Wildman–Crippen LogP) is 4.99. The van der Waals surface area contributed by atoms with Crippen molar-refractivity contribution in [3.63, 3.8) is 0 Å². The van der Waals surface area contributed by atoms with Gasteiger partial charge in [0, 0.05) is 48.8 Å². The van der Waals surface area contributed by atoms with E-state index in [4.69, 9.17) is 14.7 Å². The molecule has 42 heavy (non-hydrogen) atoms. The number of hydrogen-bond donors (Lipinski definition) is 2. The number of hydrogen-bond acceptors (Lipinski definition) is 8. The van der Waals surface area contributed by atoms with Crippen LogP contribution in [0.4, 0.5) is 11.6 Å². The van der Waals surface area contributed by atoms with E-state index in [9.17, 15) is 4.79 Å². The van der Waals surface area contributed by atoms with Gasteiger partial charge in [-0.25, -0.2) is 4.98 Å². The Morgan fingerprint density at radius 3 is 2.74 bits per heavy atom. The molecule has 4 unspecified atom stereocenters. The van der Waals surface area contributed by atoms with Gasteiger partial charge >= 0.3 is 0 Å². The number of nitrogens with one attached hydrogen (secondary N) is 2. The normalized spacial score (nSPS) is 25.6. The van der Waals surface area contributed by atoms with Gasteiger partial charge in [0.25, 0.3) is 5.91 Å². The molecule has 10 nitrogen and oxygen atoms in total. The minimum absolute atomic E-state index is 0.136. The molecule has 7 rings (SSSR count). The van der Waals surface area contributed by atoms with Crippen molar-refractivity contribution in [2.75, 3.05) is 43.9 Å². The summed E-state index contributed by atoms with van der Waals surface area (Å²) in [4.78, 5) is 26.1. The number of pyridine rings is 1. The first-order chi connectivity index (χ1) is 20.4. The molecule has 0 radical (unpaired) electrons. The van der Waals surface area contributed by atoms with Gasteiger partial charge in [0.1, 0.15) is 0 Å². The average Bonchev–Trinajstić information content (AvgIpc) is 3.66. The van der Waals surface area contributed by atoms with Crippen molar-refractivity contribution in [2.24, 2.45) is 11.0 Å². The Morgan fingerprint density at radius 1 is 1.10 bits per heavy atom. The summed E-state index contributed by atoms with van der Waals surface area (Å²) in [7, 11) is 1.93. The molecule has 3 aliphatic heterocycles. The third-order valence-corrected chi connectivity index (χ3v) is 9.17. The number of anilines is 2. The Bertz CT molecular complexity index is 1490. The summed E-state index contributed by atoms with van der Waals surface area (Å²) >= 11 is 0. The van der Waals surface area contributed by atoms with Crippen LogP contribution in [-0.4, -0.2) is 82.1 Å². The fraction of sp³-hybridized carbons (Fsp3) is 0.562. The van der Waals surface area contributed by atoms with E-state index < -0.39 is 0 Å². The number of aryl methyl sites for hydroxylation is 1. The molecule has 222 valence electrons.